The minimum atomic E-state index is -4.56. The van der Waals surface area contributed by atoms with Crippen LogP contribution in [0, 0.1) is 0 Å². The van der Waals surface area contributed by atoms with E-state index in [-0.39, 0.29) is 21.4 Å². The summed E-state index contributed by atoms with van der Waals surface area (Å²) in [5.74, 6) is 0. The molecule has 0 aromatic heterocycles. The molecule has 26 heavy (non-hydrogen) atoms. The molecule has 2 nitrogen and oxygen atoms in total. The van der Waals surface area contributed by atoms with Gasteiger partial charge in [-0.25, -0.2) is 0 Å². The molecule has 0 N–H and O–H groups in total. The van der Waals surface area contributed by atoms with Gasteiger partial charge in [0.1, 0.15) is 0 Å². The van der Waals surface area contributed by atoms with Crippen molar-refractivity contribution in [2.75, 3.05) is 0 Å². The Kier molecular flexibility index (Phi) is 5.98. The van der Waals surface area contributed by atoms with Gasteiger partial charge >= 0.3 is 12.4 Å². The Morgan fingerprint density at radius 1 is 0.654 bits per heavy atom. The highest BCUT2D eigenvalue weighted by molar-refractivity contribution is 6.34. The first-order valence-electron chi connectivity index (χ1n) is 6.78. The van der Waals surface area contributed by atoms with Crippen LogP contribution in [0.15, 0.2) is 46.4 Å². The highest BCUT2D eigenvalue weighted by Crippen LogP contribution is 2.36. The molecule has 138 valence electrons. The van der Waals surface area contributed by atoms with Gasteiger partial charge in [0, 0.05) is 12.4 Å². The van der Waals surface area contributed by atoms with Crippen LogP contribution in [0.2, 0.25) is 10.0 Å². The molecule has 0 aliphatic heterocycles. The molecule has 0 saturated heterocycles. The number of nitrogens with zero attached hydrogens (tertiary/aromatic N) is 2. The zero-order valence-corrected chi connectivity index (χ0v) is 14.0. The van der Waals surface area contributed by atoms with Crippen LogP contribution in [0.4, 0.5) is 37.7 Å². The number of aliphatic imine (C=N–C) groups is 2. The molecule has 0 heterocycles. The zero-order chi connectivity index (χ0) is 19.5. The summed E-state index contributed by atoms with van der Waals surface area (Å²) in [6, 6.07) is 5.17. The third kappa shape index (κ3) is 5.22. The van der Waals surface area contributed by atoms with Crippen LogP contribution in [0.1, 0.15) is 11.1 Å². The summed E-state index contributed by atoms with van der Waals surface area (Å²) in [5, 5.41) is -0.0560. The molecule has 0 saturated carbocycles. The van der Waals surface area contributed by atoms with E-state index in [0.29, 0.717) is 0 Å². The second kappa shape index (κ2) is 7.67. The summed E-state index contributed by atoms with van der Waals surface area (Å²) in [7, 11) is 0. The molecular weight excluding hydrogens is 405 g/mol. The molecule has 0 spiro atoms. The molecule has 0 atom stereocenters. The molecule has 0 radical (unpaired) electrons. The first kappa shape index (κ1) is 20.3. The van der Waals surface area contributed by atoms with Gasteiger partial charge in [-0.05, 0) is 36.4 Å². The fraction of sp³-hybridized carbons (Fsp3) is 0.125. The Bertz CT molecular complexity index is 785. The van der Waals surface area contributed by atoms with Gasteiger partial charge < -0.3 is 0 Å². The van der Waals surface area contributed by atoms with Crippen LogP contribution >= 0.6 is 23.2 Å². The highest BCUT2D eigenvalue weighted by Gasteiger charge is 2.31. The van der Waals surface area contributed by atoms with E-state index in [1.807, 2.05) is 0 Å². The van der Waals surface area contributed by atoms with Crippen molar-refractivity contribution < 1.29 is 26.3 Å². The predicted octanol–water partition coefficient (Wildman–Crippen LogP) is 7.14. The molecule has 0 unspecified atom stereocenters. The lowest BCUT2D eigenvalue weighted by Crippen LogP contribution is -2.04. The van der Waals surface area contributed by atoms with Gasteiger partial charge in [0.15, 0.2) is 0 Å². The summed E-state index contributed by atoms with van der Waals surface area (Å²) in [5.41, 5.74) is -2.20. The van der Waals surface area contributed by atoms with E-state index >= 15 is 0 Å². The van der Waals surface area contributed by atoms with Crippen LogP contribution < -0.4 is 0 Å². The normalized spacial score (nSPS) is 13.1. The van der Waals surface area contributed by atoms with Gasteiger partial charge in [0.25, 0.3) is 0 Å². The van der Waals surface area contributed by atoms with Crippen molar-refractivity contribution in [1.82, 2.24) is 0 Å². The summed E-state index contributed by atoms with van der Waals surface area (Å²) in [6.07, 6.45) is -7.13. The quantitative estimate of drug-likeness (QED) is 0.378. The molecule has 10 heteroatoms. The highest BCUT2D eigenvalue weighted by atomic mass is 35.5. The van der Waals surface area contributed by atoms with Crippen LogP contribution in [-0.2, 0) is 12.4 Å². The average Bonchev–Trinajstić information content (AvgIpc) is 2.52. The van der Waals surface area contributed by atoms with Crippen LogP contribution in [0.25, 0.3) is 0 Å². The Morgan fingerprint density at radius 2 is 1.00 bits per heavy atom. The topological polar surface area (TPSA) is 24.7 Å². The molecule has 0 fully saturated rings. The number of alkyl halides is 6. The molecular formula is C16H8Cl2F6N2. The number of benzene rings is 2. The van der Waals surface area contributed by atoms with Crippen LogP contribution in [0.3, 0.4) is 0 Å². The monoisotopic (exact) mass is 412 g/mol. The van der Waals surface area contributed by atoms with E-state index in [4.69, 9.17) is 23.2 Å². The van der Waals surface area contributed by atoms with Crippen molar-refractivity contribution in [3.63, 3.8) is 0 Å². The maximum atomic E-state index is 12.7. The first-order chi connectivity index (χ1) is 12.0. The Hall–Kier alpha value is -2.06. The summed E-state index contributed by atoms with van der Waals surface area (Å²) >= 11 is 11.5. The van der Waals surface area contributed by atoms with Gasteiger partial charge in [0.05, 0.1) is 32.5 Å². The molecule has 2 aromatic rings. The lowest BCUT2D eigenvalue weighted by atomic mass is 10.2. The number of hydrogen-bond acceptors (Lipinski definition) is 2. The van der Waals surface area contributed by atoms with Crippen molar-refractivity contribution in [1.29, 1.82) is 0 Å². The molecule has 0 aliphatic carbocycles. The first-order valence-corrected chi connectivity index (χ1v) is 7.54. The van der Waals surface area contributed by atoms with Gasteiger partial charge in [-0.15, -0.1) is 0 Å². The van der Waals surface area contributed by atoms with Gasteiger partial charge in [-0.3, -0.25) is 9.98 Å². The fourth-order valence-corrected chi connectivity index (χ4v) is 2.14. The molecule has 0 amide bonds. The third-order valence-corrected chi connectivity index (χ3v) is 3.68. The molecule has 0 aliphatic rings. The number of hydrogen-bond donors (Lipinski definition) is 0. The van der Waals surface area contributed by atoms with Crippen molar-refractivity contribution in [2.24, 2.45) is 9.98 Å². The Morgan fingerprint density at radius 3 is 1.31 bits per heavy atom. The largest absolute Gasteiger partial charge is 0.416 e. The van der Waals surface area contributed by atoms with Gasteiger partial charge in [-0.1, -0.05) is 23.2 Å². The lowest BCUT2D eigenvalue weighted by Gasteiger charge is -2.08. The summed E-state index contributed by atoms with van der Waals surface area (Å²) < 4.78 is 76.0. The Balaban J connectivity index is 2.24. The number of halogens is 8. The van der Waals surface area contributed by atoms with Crippen molar-refractivity contribution in [3.8, 4) is 0 Å². The van der Waals surface area contributed by atoms with E-state index in [2.05, 4.69) is 9.98 Å². The summed E-state index contributed by atoms with van der Waals surface area (Å²) in [6.45, 7) is 0. The average molecular weight is 413 g/mol. The Labute approximate surface area is 153 Å². The van der Waals surface area contributed by atoms with E-state index in [1.165, 1.54) is 0 Å². The van der Waals surface area contributed by atoms with E-state index < -0.39 is 23.5 Å². The van der Waals surface area contributed by atoms with E-state index in [9.17, 15) is 26.3 Å². The maximum Gasteiger partial charge on any atom is 0.416 e. The maximum absolute atomic E-state index is 12.7. The van der Waals surface area contributed by atoms with E-state index in [1.54, 1.807) is 0 Å². The minimum absolute atomic E-state index is 0.0280. The minimum Gasteiger partial charge on any atom is -0.254 e. The second-order valence-electron chi connectivity index (χ2n) is 4.88. The molecule has 2 aromatic carbocycles. The fourth-order valence-electron chi connectivity index (χ4n) is 1.80. The predicted molar refractivity (Wildman–Crippen MR) is 89.2 cm³/mol. The standard InChI is InChI=1S/C16H8Cl2F6N2/c17-11-3-1-9(15(19,20)21)7-13(11)25-5-6-26-14-8-10(16(22,23)24)2-4-12(14)18/h1-8H. The van der Waals surface area contributed by atoms with E-state index in [0.717, 1.165) is 48.8 Å². The van der Waals surface area contributed by atoms with Crippen LogP contribution in [0.5, 0.6) is 0 Å². The zero-order valence-electron chi connectivity index (χ0n) is 12.5. The van der Waals surface area contributed by atoms with Crippen molar-refractivity contribution >= 4 is 47.0 Å². The molecule has 0 bridgehead atoms. The van der Waals surface area contributed by atoms with Gasteiger partial charge in [-0.2, -0.15) is 26.3 Å². The smallest absolute Gasteiger partial charge is 0.254 e. The lowest BCUT2D eigenvalue weighted by molar-refractivity contribution is -0.138. The van der Waals surface area contributed by atoms with Gasteiger partial charge in [0.2, 0.25) is 0 Å². The SMILES string of the molecule is FC(F)(F)c1ccc(Cl)c(N=CC=Nc2cc(C(F)(F)F)ccc2Cl)c1. The molecule has 2 rings (SSSR count). The third-order valence-electron chi connectivity index (χ3n) is 3.04. The summed E-state index contributed by atoms with van der Waals surface area (Å²) in [4.78, 5) is 7.45. The van der Waals surface area contributed by atoms with Crippen molar-refractivity contribution in [2.45, 2.75) is 12.4 Å². The number of rotatable bonds is 3. The van der Waals surface area contributed by atoms with Crippen LogP contribution in [-0.4, -0.2) is 12.4 Å². The van der Waals surface area contributed by atoms with Crippen molar-refractivity contribution in [3.05, 3.63) is 57.6 Å². The second-order valence-corrected chi connectivity index (χ2v) is 5.70.